The highest BCUT2D eigenvalue weighted by molar-refractivity contribution is 9.10. The van der Waals surface area contributed by atoms with Crippen molar-refractivity contribution in [2.75, 3.05) is 5.32 Å². The van der Waals surface area contributed by atoms with Crippen molar-refractivity contribution in [2.45, 2.75) is 0 Å². The highest BCUT2D eigenvalue weighted by Gasteiger charge is 2.18. The fourth-order valence-electron chi connectivity index (χ4n) is 1.54. The predicted molar refractivity (Wildman–Crippen MR) is 80.3 cm³/mol. The number of anilines is 2. The smallest absolute Gasteiger partial charge is 0.339 e. The molecule has 0 saturated heterocycles. The molecule has 0 bridgehead atoms. The van der Waals surface area contributed by atoms with Crippen molar-refractivity contribution in [1.29, 1.82) is 0 Å². The quantitative estimate of drug-likeness (QED) is 0.624. The molecule has 2 aromatic rings. The monoisotopic (exact) mass is 371 g/mol. The van der Waals surface area contributed by atoms with Gasteiger partial charge in [-0.3, -0.25) is 10.1 Å². The number of carboxylic acid groups (broad SMARTS) is 1. The molecule has 108 valence electrons. The molecular weight excluding hydrogens is 366 g/mol. The third-order valence-corrected chi connectivity index (χ3v) is 3.42. The minimum absolute atomic E-state index is 0.0175. The average Bonchev–Trinajstić information content (AvgIpc) is 2.42. The molecule has 0 aliphatic rings. The van der Waals surface area contributed by atoms with Gasteiger partial charge in [-0.25, -0.2) is 9.78 Å². The second kappa shape index (κ2) is 6.06. The summed E-state index contributed by atoms with van der Waals surface area (Å²) >= 11 is 9.15. The van der Waals surface area contributed by atoms with Gasteiger partial charge in [0.05, 0.1) is 10.6 Å². The van der Waals surface area contributed by atoms with E-state index in [1.165, 1.54) is 0 Å². The van der Waals surface area contributed by atoms with E-state index in [-0.39, 0.29) is 11.4 Å². The van der Waals surface area contributed by atoms with Crippen LogP contribution in [0.4, 0.5) is 17.2 Å². The lowest BCUT2D eigenvalue weighted by Gasteiger charge is -2.10. The third kappa shape index (κ3) is 3.47. The molecule has 21 heavy (non-hydrogen) atoms. The zero-order valence-corrected chi connectivity index (χ0v) is 12.6. The van der Waals surface area contributed by atoms with Crippen LogP contribution in [-0.2, 0) is 0 Å². The molecule has 1 heterocycles. The second-order valence-corrected chi connectivity index (χ2v) is 5.19. The number of nitro groups is 1. The number of aromatic carboxylic acids is 1. The van der Waals surface area contributed by atoms with Gasteiger partial charge in [-0.05, 0) is 34.1 Å². The van der Waals surface area contributed by atoms with Gasteiger partial charge in [-0.1, -0.05) is 11.6 Å². The number of hydrogen-bond acceptors (Lipinski definition) is 5. The summed E-state index contributed by atoms with van der Waals surface area (Å²) in [6, 6.07) is 5.84. The number of carbonyl (C=O) groups is 1. The van der Waals surface area contributed by atoms with Gasteiger partial charge in [-0.2, -0.15) is 0 Å². The van der Waals surface area contributed by atoms with Gasteiger partial charge in [0.15, 0.2) is 0 Å². The van der Waals surface area contributed by atoms with E-state index in [9.17, 15) is 14.9 Å². The molecular formula is C12H7BrClN3O4. The molecule has 0 saturated carbocycles. The number of nitrogens with one attached hydrogen (secondary N) is 1. The Labute approximate surface area is 131 Å². The van der Waals surface area contributed by atoms with Gasteiger partial charge in [0.25, 0.3) is 5.69 Å². The van der Waals surface area contributed by atoms with Gasteiger partial charge in [0.1, 0.15) is 17.6 Å². The minimum atomic E-state index is -1.33. The topological polar surface area (TPSA) is 105 Å². The number of benzene rings is 1. The van der Waals surface area contributed by atoms with E-state index in [4.69, 9.17) is 16.7 Å². The lowest BCUT2D eigenvalue weighted by molar-refractivity contribution is -0.385. The number of pyridine rings is 1. The van der Waals surface area contributed by atoms with Gasteiger partial charge >= 0.3 is 5.97 Å². The molecule has 2 rings (SSSR count). The van der Waals surface area contributed by atoms with Crippen LogP contribution in [0.3, 0.4) is 0 Å². The van der Waals surface area contributed by atoms with Crippen molar-refractivity contribution in [3.8, 4) is 0 Å². The third-order valence-electron chi connectivity index (χ3n) is 2.50. The first-order valence-corrected chi connectivity index (χ1v) is 6.65. The molecule has 0 aliphatic heterocycles. The Morgan fingerprint density at radius 3 is 2.76 bits per heavy atom. The van der Waals surface area contributed by atoms with Crippen molar-refractivity contribution in [3.05, 3.63) is 55.6 Å². The summed E-state index contributed by atoms with van der Waals surface area (Å²) in [5, 5.41) is 23.0. The summed E-state index contributed by atoms with van der Waals surface area (Å²) in [5.41, 5.74) is -0.217. The van der Waals surface area contributed by atoms with Crippen LogP contribution in [0.25, 0.3) is 0 Å². The number of nitrogens with zero attached hydrogens (tertiary/aromatic N) is 2. The maximum Gasteiger partial charge on any atom is 0.339 e. The van der Waals surface area contributed by atoms with Gasteiger partial charge in [-0.15, -0.1) is 0 Å². The fraction of sp³-hybridized carbons (Fsp3) is 0. The molecule has 0 fully saturated rings. The maximum absolute atomic E-state index is 11.2. The van der Waals surface area contributed by atoms with Gasteiger partial charge < -0.3 is 10.4 Å². The molecule has 1 aromatic heterocycles. The van der Waals surface area contributed by atoms with Crippen LogP contribution in [0.1, 0.15) is 10.4 Å². The van der Waals surface area contributed by atoms with Crippen molar-refractivity contribution >= 4 is 50.7 Å². The Balaban J connectivity index is 2.46. The van der Waals surface area contributed by atoms with Crippen LogP contribution in [0.5, 0.6) is 0 Å². The summed E-state index contributed by atoms with van der Waals surface area (Å²) in [5.74, 6) is -1.34. The largest absolute Gasteiger partial charge is 0.478 e. The highest BCUT2D eigenvalue weighted by atomic mass is 79.9. The Kier molecular flexibility index (Phi) is 4.39. The average molecular weight is 373 g/mol. The lowest BCUT2D eigenvalue weighted by Crippen LogP contribution is -2.06. The number of rotatable bonds is 4. The number of hydrogen-bond donors (Lipinski definition) is 2. The highest BCUT2D eigenvalue weighted by Crippen LogP contribution is 2.30. The summed E-state index contributed by atoms with van der Waals surface area (Å²) in [6.45, 7) is 0. The molecule has 0 amide bonds. The van der Waals surface area contributed by atoms with Crippen molar-refractivity contribution in [3.63, 3.8) is 0 Å². The molecule has 1 aromatic carbocycles. The van der Waals surface area contributed by atoms with Crippen molar-refractivity contribution in [1.82, 2.24) is 4.98 Å². The summed E-state index contributed by atoms with van der Waals surface area (Å²) in [4.78, 5) is 24.9. The van der Waals surface area contributed by atoms with Crippen LogP contribution >= 0.6 is 27.5 Å². The summed E-state index contributed by atoms with van der Waals surface area (Å²) in [7, 11) is 0. The van der Waals surface area contributed by atoms with Crippen LogP contribution < -0.4 is 5.32 Å². The first kappa shape index (κ1) is 15.2. The first-order chi connectivity index (χ1) is 9.88. The summed E-state index contributed by atoms with van der Waals surface area (Å²) < 4.78 is 0.642. The molecule has 0 spiro atoms. The van der Waals surface area contributed by atoms with E-state index in [1.807, 2.05) is 0 Å². The van der Waals surface area contributed by atoms with E-state index < -0.39 is 16.6 Å². The van der Waals surface area contributed by atoms with E-state index in [1.54, 1.807) is 18.2 Å². The predicted octanol–water partition coefficient (Wildman–Crippen LogP) is 3.85. The Morgan fingerprint density at radius 2 is 2.14 bits per heavy atom. The maximum atomic E-state index is 11.2. The lowest BCUT2D eigenvalue weighted by atomic mass is 10.2. The van der Waals surface area contributed by atoms with E-state index in [0.29, 0.717) is 15.2 Å². The Morgan fingerprint density at radius 1 is 1.43 bits per heavy atom. The van der Waals surface area contributed by atoms with Gasteiger partial charge in [0, 0.05) is 15.6 Å². The molecule has 0 unspecified atom stereocenters. The van der Waals surface area contributed by atoms with E-state index in [0.717, 1.165) is 12.3 Å². The van der Waals surface area contributed by atoms with E-state index >= 15 is 0 Å². The minimum Gasteiger partial charge on any atom is -0.478 e. The number of halogens is 2. The normalized spacial score (nSPS) is 10.2. The van der Waals surface area contributed by atoms with Crippen LogP contribution in [0.2, 0.25) is 5.02 Å². The number of carboxylic acids is 1. The first-order valence-electron chi connectivity index (χ1n) is 5.48. The molecule has 9 heteroatoms. The summed E-state index contributed by atoms with van der Waals surface area (Å²) in [6.07, 6.45) is 0.979. The zero-order valence-electron chi connectivity index (χ0n) is 10.2. The molecule has 7 nitrogen and oxygen atoms in total. The Hall–Kier alpha value is -2.19. The Bertz CT molecular complexity index is 738. The molecule has 0 atom stereocenters. The molecule has 2 N–H and O–H groups in total. The zero-order chi connectivity index (χ0) is 15.6. The standard InChI is InChI=1S/C12H7BrClN3O4/c13-9-2-1-6(14)3-10(9)16-11-8(12(18)19)4-7(5-15-11)17(20)21/h1-5H,(H,15,16)(H,18,19). The number of aromatic nitrogens is 1. The van der Waals surface area contributed by atoms with Crippen LogP contribution in [-0.4, -0.2) is 21.0 Å². The van der Waals surface area contributed by atoms with Crippen molar-refractivity contribution < 1.29 is 14.8 Å². The van der Waals surface area contributed by atoms with Crippen LogP contribution in [0, 0.1) is 10.1 Å². The van der Waals surface area contributed by atoms with Crippen molar-refractivity contribution in [2.24, 2.45) is 0 Å². The van der Waals surface area contributed by atoms with Gasteiger partial charge in [0.2, 0.25) is 0 Å². The molecule has 0 aliphatic carbocycles. The molecule has 0 radical (unpaired) electrons. The second-order valence-electron chi connectivity index (χ2n) is 3.90. The van der Waals surface area contributed by atoms with E-state index in [2.05, 4.69) is 26.2 Å². The SMILES string of the molecule is O=C(O)c1cc([N+](=O)[O-])cnc1Nc1cc(Cl)ccc1Br. The van der Waals surface area contributed by atoms with Crippen LogP contribution in [0.15, 0.2) is 34.9 Å². The fourth-order valence-corrected chi connectivity index (χ4v) is 2.05.